The Morgan fingerprint density at radius 3 is 2.57 bits per heavy atom. The molecular formula is C22H15N3O3. The van der Waals surface area contributed by atoms with Crippen molar-refractivity contribution in [1.82, 2.24) is 4.98 Å². The summed E-state index contributed by atoms with van der Waals surface area (Å²) in [6, 6.07) is 19.8. The van der Waals surface area contributed by atoms with Crippen LogP contribution in [0.3, 0.4) is 0 Å². The Bertz CT molecular complexity index is 1290. The molecule has 28 heavy (non-hydrogen) atoms. The number of hydrogen-bond acceptors (Lipinski definition) is 6. The average Bonchev–Trinajstić information content (AvgIpc) is 2.72. The molecule has 2 aromatic carbocycles. The van der Waals surface area contributed by atoms with Crippen LogP contribution in [0.1, 0.15) is 5.56 Å². The fourth-order valence-electron chi connectivity index (χ4n) is 3.14. The molecular weight excluding hydrogens is 354 g/mol. The summed E-state index contributed by atoms with van der Waals surface area (Å²) in [6.07, 6.45) is 0. The SMILES string of the molecule is COc1ccc2oc(=O)cc(-c3cc(-c4ccccc4)nc(N)c3C#N)c2c1. The zero-order chi connectivity index (χ0) is 19.7. The van der Waals surface area contributed by atoms with Gasteiger partial charge in [-0.15, -0.1) is 0 Å². The second-order valence-electron chi connectivity index (χ2n) is 6.13. The summed E-state index contributed by atoms with van der Waals surface area (Å²) in [7, 11) is 1.55. The lowest BCUT2D eigenvalue weighted by Crippen LogP contribution is -2.03. The van der Waals surface area contributed by atoms with Crippen LogP contribution in [0.25, 0.3) is 33.4 Å². The van der Waals surface area contributed by atoms with E-state index < -0.39 is 5.63 Å². The molecule has 0 unspecified atom stereocenters. The summed E-state index contributed by atoms with van der Waals surface area (Å²) in [5.41, 5.74) is 8.67. The first-order valence-corrected chi connectivity index (χ1v) is 8.49. The Kier molecular flexibility index (Phi) is 4.26. The van der Waals surface area contributed by atoms with Crippen molar-refractivity contribution in [2.75, 3.05) is 12.8 Å². The molecule has 6 heteroatoms. The molecule has 6 nitrogen and oxygen atoms in total. The van der Waals surface area contributed by atoms with Gasteiger partial charge in [-0.1, -0.05) is 30.3 Å². The maximum absolute atomic E-state index is 12.1. The van der Waals surface area contributed by atoms with Gasteiger partial charge in [0.15, 0.2) is 0 Å². The number of methoxy groups -OCH3 is 1. The van der Waals surface area contributed by atoms with E-state index in [4.69, 9.17) is 14.9 Å². The number of rotatable bonds is 3. The monoisotopic (exact) mass is 369 g/mol. The second kappa shape index (κ2) is 6.89. The molecule has 0 fully saturated rings. The van der Waals surface area contributed by atoms with Crippen molar-refractivity contribution in [2.45, 2.75) is 0 Å². The van der Waals surface area contributed by atoms with Crippen molar-refractivity contribution in [2.24, 2.45) is 0 Å². The fourth-order valence-corrected chi connectivity index (χ4v) is 3.14. The van der Waals surface area contributed by atoms with E-state index in [-0.39, 0.29) is 11.4 Å². The van der Waals surface area contributed by atoms with Gasteiger partial charge in [0.25, 0.3) is 0 Å². The van der Waals surface area contributed by atoms with Gasteiger partial charge in [-0.05, 0) is 24.3 Å². The summed E-state index contributed by atoms with van der Waals surface area (Å²) in [5, 5.41) is 10.3. The molecule has 0 amide bonds. The predicted octanol–water partition coefficient (Wildman–Crippen LogP) is 3.98. The minimum Gasteiger partial charge on any atom is -0.497 e. The first-order chi connectivity index (χ1) is 13.6. The third-order valence-corrected chi connectivity index (χ3v) is 4.47. The van der Waals surface area contributed by atoms with Crippen LogP contribution in [0.2, 0.25) is 0 Å². The summed E-state index contributed by atoms with van der Waals surface area (Å²) in [5.74, 6) is 0.703. The lowest BCUT2D eigenvalue weighted by molar-refractivity contribution is 0.415. The number of nitrogens with two attached hydrogens (primary N) is 1. The van der Waals surface area contributed by atoms with Crippen molar-refractivity contribution in [3.8, 4) is 34.2 Å². The number of nitrogen functional groups attached to an aromatic ring is 1. The smallest absolute Gasteiger partial charge is 0.336 e. The molecule has 0 atom stereocenters. The van der Waals surface area contributed by atoms with Crippen LogP contribution < -0.4 is 16.1 Å². The fraction of sp³-hybridized carbons (Fsp3) is 0.0455. The van der Waals surface area contributed by atoms with Gasteiger partial charge in [0, 0.05) is 28.1 Å². The van der Waals surface area contributed by atoms with Gasteiger partial charge in [0.1, 0.15) is 28.8 Å². The third kappa shape index (κ3) is 2.95. The molecule has 0 spiro atoms. The van der Waals surface area contributed by atoms with Crippen molar-refractivity contribution >= 4 is 16.8 Å². The molecule has 136 valence electrons. The van der Waals surface area contributed by atoms with Crippen molar-refractivity contribution in [3.05, 3.63) is 76.6 Å². The molecule has 0 radical (unpaired) electrons. The van der Waals surface area contributed by atoms with Crippen LogP contribution in [0.4, 0.5) is 5.82 Å². The van der Waals surface area contributed by atoms with E-state index in [0.29, 0.717) is 33.5 Å². The highest BCUT2D eigenvalue weighted by Crippen LogP contribution is 2.35. The number of fused-ring (bicyclic) bond motifs is 1. The minimum absolute atomic E-state index is 0.100. The van der Waals surface area contributed by atoms with E-state index in [1.165, 1.54) is 6.07 Å². The van der Waals surface area contributed by atoms with Crippen LogP contribution in [0, 0.1) is 11.3 Å². The van der Waals surface area contributed by atoms with E-state index in [9.17, 15) is 10.1 Å². The quantitative estimate of drug-likeness (QED) is 0.548. The van der Waals surface area contributed by atoms with E-state index in [1.54, 1.807) is 31.4 Å². The normalized spacial score (nSPS) is 10.6. The zero-order valence-electron chi connectivity index (χ0n) is 15.0. The van der Waals surface area contributed by atoms with Crippen LogP contribution >= 0.6 is 0 Å². The number of pyridine rings is 1. The first kappa shape index (κ1) is 17.3. The molecule has 0 aliphatic carbocycles. The van der Waals surface area contributed by atoms with Crippen LogP contribution in [-0.4, -0.2) is 12.1 Å². The summed E-state index contributed by atoms with van der Waals surface area (Å²) >= 11 is 0. The maximum atomic E-state index is 12.1. The Balaban J connectivity index is 2.08. The molecule has 0 aliphatic heterocycles. The van der Waals surface area contributed by atoms with E-state index in [2.05, 4.69) is 11.1 Å². The molecule has 0 saturated heterocycles. The van der Waals surface area contributed by atoms with Crippen LogP contribution in [0.5, 0.6) is 5.75 Å². The molecule has 2 N–H and O–H groups in total. The molecule has 2 heterocycles. The number of aromatic nitrogens is 1. The van der Waals surface area contributed by atoms with Gasteiger partial charge >= 0.3 is 5.63 Å². The van der Waals surface area contributed by atoms with Gasteiger partial charge in [0.2, 0.25) is 0 Å². The Morgan fingerprint density at radius 2 is 1.86 bits per heavy atom. The number of benzene rings is 2. The Hall–Kier alpha value is -4.11. The number of hydrogen-bond donors (Lipinski definition) is 1. The van der Waals surface area contributed by atoms with Gasteiger partial charge < -0.3 is 14.9 Å². The molecule has 2 aromatic heterocycles. The summed E-state index contributed by atoms with van der Waals surface area (Å²) < 4.78 is 10.6. The van der Waals surface area contributed by atoms with Gasteiger partial charge in [-0.25, -0.2) is 9.78 Å². The lowest BCUT2D eigenvalue weighted by Gasteiger charge is -2.12. The molecule has 0 saturated carbocycles. The zero-order valence-corrected chi connectivity index (χ0v) is 15.0. The Morgan fingerprint density at radius 1 is 1.07 bits per heavy atom. The van der Waals surface area contributed by atoms with Crippen molar-refractivity contribution in [3.63, 3.8) is 0 Å². The molecule has 0 aliphatic rings. The highest BCUT2D eigenvalue weighted by Gasteiger charge is 2.17. The average molecular weight is 369 g/mol. The highest BCUT2D eigenvalue weighted by molar-refractivity contribution is 5.97. The maximum Gasteiger partial charge on any atom is 0.336 e. The topological polar surface area (TPSA) is 102 Å². The number of nitrogens with zero attached hydrogens (tertiary/aromatic N) is 2. The summed E-state index contributed by atoms with van der Waals surface area (Å²) in [4.78, 5) is 16.5. The van der Waals surface area contributed by atoms with Crippen molar-refractivity contribution in [1.29, 1.82) is 5.26 Å². The summed E-state index contributed by atoms with van der Waals surface area (Å²) in [6.45, 7) is 0. The van der Waals surface area contributed by atoms with Crippen LogP contribution in [0.15, 0.2) is 69.9 Å². The lowest BCUT2D eigenvalue weighted by atomic mass is 9.96. The number of anilines is 1. The highest BCUT2D eigenvalue weighted by atomic mass is 16.5. The van der Waals surface area contributed by atoms with Gasteiger partial charge in [-0.3, -0.25) is 0 Å². The van der Waals surface area contributed by atoms with E-state index in [0.717, 1.165) is 5.56 Å². The number of nitriles is 1. The second-order valence-corrected chi connectivity index (χ2v) is 6.13. The molecule has 0 bridgehead atoms. The standard InChI is InChI=1S/C22H15N3O3/c1-27-14-7-8-20-17(9-14)16(11-21(26)28-20)15-10-19(13-5-3-2-4-6-13)25-22(24)18(15)12-23/h2-11H,1H3,(H2,24,25). The van der Waals surface area contributed by atoms with Gasteiger partial charge in [0.05, 0.1) is 12.8 Å². The third-order valence-electron chi connectivity index (χ3n) is 4.47. The van der Waals surface area contributed by atoms with E-state index >= 15 is 0 Å². The van der Waals surface area contributed by atoms with Crippen molar-refractivity contribution < 1.29 is 9.15 Å². The minimum atomic E-state index is -0.520. The largest absolute Gasteiger partial charge is 0.497 e. The van der Waals surface area contributed by atoms with E-state index in [1.807, 2.05) is 30.3 Å². The predicted molar refractivity (Wildman–Crippen MR) is 107 cm³/mol. The number of ether oxygens (including phenoxy) is 1. The first-order valence-electron chi connectivity index (χ1n) is 8.49. The van der Waals surface area contributed by atoms with Gasteiger partial charge in [-0.2, -0.15) is 5.26 Å². The van der Waals surface area contributed by atoms with Crippen LogP contribution in [-0.2, 0) is 0 Å². The molecule has 4 rings (SSSR count). The molecule has 4 aromatic rings. The Labute approximate surface area is 160 Å².